The maximum Gasteiger partial charge on any atom is 0.222 e. The monoisotopic (exact) mass is 236 g/mol. The van der Waals surface area contributed by atoms with Gasteiger partial charge in [0.05, 0.1) is 0 Å². The van der Waals surface area contributed by atoms with Crippen LogP contribution < -0.4 is 0 Å². The standard InChI is InChI=1S/C13H16O2S/c1-2-3-6-9-13(15)11-8-5-4-7-10(11)12(14)16-13/h4-5,7-8,15H,2-3,6,9H2,1H3. The fourth-order valence-electron chi connectivity index (χ4n) is 2.07. The van der Waals surface area contributed by atoms with Crippen LogP contribution in [0.3, 0.4) is 0 Å². The minimum Gasteiger partial charge on any atom is -0.375 e. The van der Waals surface area contributed by atoms with E-state index < -0.39 is 4.93 Å². The van der Waals surface area contributed by atoms with Crippen molar-refractivity contribution in [2.24, 2.45) is 0 Å². The molecule has 86 valence electrons. The van der Waals surface area contributed by atoms with Crippen LogP contribution in [0, 0.1) is 0 Å². The van der Waals surface area contributed by atoms with Crippen LogP contribution in [0.4, 0.5) is 0 Å². The first kappa shape index (κ1) is 11.7. The number of aliphatic hydroxyl groups is 1. The molecular formula is C13H16O2S. The molecule has 2 rings (SSSR count). The summed E-state index contributed by atoms with van der Waals surface area (Å²) in [6, 6.07) is 7.37. The molecule has 0 saturated heterocycles. The molecule has 0 saturated carbocycles. The highest BCUT2D eigenvalue weighted by Gasteiger charge is 2.41. The molecule has 1 aliphatic rings. The van der Waals surface area contributed by atoms with Gasteiger partial charge in [0.15, 0.2) is 0 Å². The molecule has 0 spiro atoms. The van der Waals surface area contributed by atoms with E-state index in [1.165, 1.54) is 0 Å². The Morgan fingerprint density at radius 3 is 2.81 bits per heavy atom. The normalized spacial score (nSPS) is 23.5. The van der Waals surface area contributed by atoms with Gasteiger partial charge in [-0.15, -0.1) is 0 Å². The molecule has 1 aromatic carbocycles. The third kappa shape index (κ3) is 2.02. The predicted octanol–water partition coefficient (Wildman–Crippen LogP) is 3.30. The molecule has 0 fully saturated rings. The van der Waals surface area contributed by atoms with Crippen molar-refractivity contribution in [1.82, 2.24) is 0 Å². The summed E-state index contributed by atoms with van der Waals surface area (Å²) < 4.78 is 0. The van der Waals surface area contributed by atoms with Crippen molar-refractivity contribution in [2.75, 3.05) is 0 Å². The summed E-state index contributed by atoms with van der Waals surface area (Å²) in [7, 11) is 0. The molecule has 1 N–H and O–H groups in total. The van der Waals surface area contributed by atoms with Crippen molar-refractivity contribution in [2.45, 2.75) is 37.5 Å². The number of hydrogen-bond acceptors (Lipinski definition) is 3. The summed E-state index contributed by atoms with van der Waals surface area (Å²) in [5, 5.41) is 10.5. The Balaban J connectivity index is 2.21. The van der Waals surface area contributed by atoms with E-state index >= 15 is 0 Å². The van der Waals surface area contributed by atoms with Crippen LogP contribution in [0.5, 0.6) is 0 Å². The lowest BCUT2D eigenvalue weighted by Crippen LogP contribution is -2.18. The van der Waals surface area contributed by atoms with Crippen molar-refractivity contribution in [3.05, 3.63) is 35.4 Å². The van der Waals surface area contributed by atoms with Gasteiger partial charge in [-0.1, -0.05) is 44.0 Å². The summed E-state index contributed by atoms with van der Waals surface area (Å²) in [4.78, 5) is 10.7. The van der Waals surface area contributed by atoms with Gasteiger partial charge in [-0.2, -0.15) is 0 Å². The Kier molecular flexibility index (Phi) is 3.36. The average Bonchev–Trinajstić information content (AvgIpc) is 2.53. The summed E-state index contributed by atoms with van der Waals surface area (Å²) in [5.74, 6) is 0. The van der Waals surface area contributed by atoms with Gasteiger partial charge in [0, 0.05) is 11.1 Å². The number of rotatable bonds is 4. The fraction of sp³-hybridized carbons (Fsp3) is 0.462. The lowest BCUT2D eigenvalue weighted by Gasteiger charge is -2.21. The van der Waals surface area contributed by atoms with Crippen molar-refractivity contribution in [3.8, 4) is 0 Å². The molecule has 1 unspecified atom stereocenters. The zero-order valence-electron chi connectivity index (χ0n) is 9.40. The van der Waals surface area contributed by atoms with E-state index in [4.69, 9.17) is 0 Å². The minimum absolute atomic E-state index is 0.00500. The molecular weight excluding hydrogens is 220 g/mol. The van der Waals surface area contributed by atoms with E-state index in [-0.39, 0.29) is 5.12 Å². The number of fused-ring (bicyclic) bond motifs is 1. The molecule has 0 aliphatic carbocycles. The van der Waals surface area contributed by atoms with E-state index in [0.29, 0.717) is 12.0 Å². The molecule has 1 aliphatic heterocycles. The maximum atomic E-state index is 11.7. The first-order valence-electron chi connectivity index (χ1n) is 5.72. The number of thioether (sulfide) groups is 1. The van der Waals surface area contributed by atoms with Crippen molar-refractivity contribution in [3.63, 3.8) is 0 Å². The van der Waals surface area contributed by atoms with Crippen LogP contribution in [0.25, 0.3) is 0 Å². The third-order valence-corrected chi connectivity index (χ3v) is 4.12. The van der Waals surface area contributed by atoms with Crippen LogP contribution in [0.2, 0.25) is 0 Å². The number of carbonyl (C=O) groups is 1. The van der Waals surface area contributed by atoms with Gasteiger partial charge >= 0.3 is 0 Å². The second-order valence-corrected chi connectivity index (χ2v) is 5.43. The Labute approximate surface area is 100 Å². The SMILES string of the molecule is CCCCCC1(O)SC(=O)c2ccccc21. The average molecular weight is 236 g/mol. The second-order valence-electron chi connectivity index (χ2n) is 4.18. The first-order chi connectivity index (χ1) is 7.67. The van der Waals surface area contributed by atoms with E-state index in [1.807, 2.05) is 18.2 Å². The predicted molar refractivity (Wildman–Crippen MR) is 66.4 cm³/mol. The zero-order valence-corrected chi connectivity index (χ0v) is 10.2. The lowest BCUT2D eigenvalue weighted by molar-refractivity contribution is 0.108. The molecule has 0 bridgehead atoms. The van der Waals surface area contributed by atoms with Gasteiger partial charge < -0.3 is 5.11 Å². The summed E-state index contributed by atoms with van der Waals surface area (Å²) in [6.07, 6.45) is 3.84. The second kappa shape index (κ2) is 4.60. The van der Waals surface area contributed by atoms with Crippen molar-refractivity contribution >= 4 is 16.9 Å². The maximum absolute atomic E-state index is 11.7. The largest absolute Gasteiger partial charge is 0.375 e. The van der Waals surface area contributed by atoms with Gasteiger partial charge in [0.2, 0.25) is 5.12 Å². The molecule has 1 aromatic rings. The van der Waals surface area contributed by atoms with Gasteiger partial charge in [0.1, 0.15) is 4.93 Å². The quantitative estimate of drug-likeness (QED) is 0.815. The summed E-state index contributed by atoms with van der Waals surface area (Å²) >= 11 is 1.06. The van der Waals surface area contributed by atoms with Crippen LogP contribution >= 0.6 is 11.8 Å². The Morgan fingerprint density at radius 1 is 1.31 bits per heavy atom. The first-order valence-corrected chi connectivity index (χ1v) is 6.54. The minimum atomic E-state index is -0.983. The Morgan fingerprint density at radius 2 is 2.06 bits per heavy atom. The smallest absolute Gasteiger partial charge is 0.222 e. The van der Waals surface area contributed by atoms with Crippen LogP contribution in [-0.4, -0.2) is 10.2 Å². The molecule has 3 heteroatoms. The number of unbranched alkanes of at least 4 members (excludes halogenated alkanes) is 2. The lowest BCUT2D eigenvalue weighted by atomic mass is 9.98. The van der Waals surface area contributed by atoms with E-state index in [2.05, 4.69) is 6.92 Å². The fourth-order valence-corrected chi connectivity index (χ4v) is 3.19. The Bertz CT molecular complexity index is 403. The molecule has 0 amide bonds. The highest BCUT2D eigenvalue weighted by atomic mass is 32.2. The van der Waals surface area contributed by atoms with Gasteiger partial charge in [0.25, 0.3) is 0 Å². The van der Waals surface area contributed by atoms with E-state index in [0.717, 1.165) is 36.6 Å². The third-order valence-electron chi connectivity index (χ3n) is 2.95. The molecule has 0 aromatic heterocycles. The van der Waals surface area contributed by atoms with E-state index in [1.54, 1.807) is 6.07 Å². The van der Waals surface area contributed by atoms with Crippen LogP contribution in [-0.2, 0) is 4.93 Å². The molecule has 1 heterocycles. The van der Waals surface area contributed by atoms with Gasteiger partial charge in [-0.25, -0.2) is 0 Å². The van der Waals surface area contributed by atoms with Gasteiger partial charge in [-0.05, 0) is 24.6 Å². The molecule has 1 atom stereocenters. The topological polar surface area (TPSA) is 37.3 Å². The van der Waals surface area contributed by atoms with Crippen molar-refractivity contribution in [1.29, 1.82) is 0 Å². The number of hydrogen-bond donors (Lipinski definition) is 1. The van der Waals surface area contributed by atoms with Crippen LogP contribution in [0.15, 0.2) is 24.3 Å². The highest BCUT2D eigenvalue weighted by molar-refractivity contribution is 8.15. The number of benzene rings is 1. The molecule has 0 radical (unpaired) electrons. The van der Waals surface area contributed by atoms with Crippen LogP contribution in [0.1, 0.15) is 48.5 Å². The molecule has 16 heavy (non-hydrogen) atoms. The molecule has 2 nitrogen and oxygen atoms in total. The van der Waals surface area contributed by atoms with Crippen molar-refractivity contribution < 1.29 is 9.90 Å². The Hall–Kier alpha value is -0.800. The highest BCUT2D eigenvalue weighted by Crippen LogP contribution is 2.47. The summed E-state index contributed by atoms with van der Waals surface area (Å²) in [6.45, 7) is 2.13. The van der Waals surface area contributed by atoms with Gasteiger partial charge in [-0.3, -0.25) is 4.79 Å². The zero-order chi connectivity index (χ0) is 11.6. The number of carbonyl (C=O) groups excluding carboxylic acids is 1. The van der Waals surface area contributed by atoms with E-state index in [9.17, 15) is 9.90 Å². The summed E-state index contributed by atoms with van der Waals surface area (Å²) in [5.41, 5.74) is 1.47.